The molecule has 6 atom stereocenters. The lowest BCUT2D eigenvalue weighted by atomic mass is 9.78. The number of carbonyl (C=O) groups excluding carboxylic acids is 3. The molecule has 3 aromatic rings. The Labute approximate surface area is 334 Å². The van der Waals surface area contributed by atoms with Crippen LogP contribution in [0.2, 0.25) is 15.1 Å². The lowest BCUT2D eigenvalue weighted by molar-refractivity contribution is -0.116. The molecule has 3 heterocycles. The third kappa shape index (κ3) is 6.05. The topological polar surface area (TPSA) is 88.8 Å². The van der Waals surface area contributed by atoms with E-state index in [0.717, 1.165) is 91.7 Å². The van der Waals surface area contributed by atoms with Crippen molar-refractivity contribution in [1.29, 1.82) is 0 Å². The van der Waals surface area contributed by atoms with Crippen molar-refractivity contribution in [2.24, 2.45) is 16.2 Å². The highest BCUT2D eigenvalue weighted by atomic mass is 35.5. The highest BCUT2D eigenvalue weighted by molar-refractivity contribution is 6.31. The molecule has 3 aliphatic heterocycles. The van der Waals surface area contributed by atoms with Crippen LogP contribution in [0.3, 0.4) is 0 Å². The van der Waals surface area contributed by atoms with Gasteiger partial charge in [0, 0.05) is 50.6 Å². The van der Waals surface area contributed by atoms with Gasteiger partial charge in [0.15, 0.2) is 35.7 Å². The molecule has 0 aromatic heterocycles. The first kappa shape index (κ1) is 39.6. The monoisotopic (exact) mass is 792 g/mol. The first-order valence-corrected chi connectivity index (χ1v) is 20.2. The van der Waals surface area contributed by atoms with Crippen LogP contribution in [0.5, 0.6) is 0 Å². The number of ether oxygens (including phenoxy) is 3. The zero-order valence-corrected chi connectivity index (χ0v) is 34.4. The van der Waals surface area contributed by atoms with Gasteiger partial charge in [-0.15, -0.1) is 0 Å². The van der Waals surface area contributed by atoms with Crippen molar-refractivity contribution in [3.63, 3.8) is 0 Å². The van der Waals surface area contributed by atoms with Crippen LogP contribution in [0.25, 0.3) is 0 Å². The van der Waals surface area contributed by atoms with Crippen LogP contribution in [0, 0.1) is 16.2 Å². The number of aldehydes is 3. The molecule has 3 saturated carbocycles. The summed E-state index contributed by atoms with van der Waals surface area (Å²) < 4.78 is 17.8. The molecule has 3 aromatic carbocycles. The standard InChI is InChI=1S/3C15H17ClO2/c3*1-13(2)7-8-14(15(13,10-17)18-14)9-11-3-5-12(16)6-4-11/h3*3-6,10H,7-9H2,1-2H3/t2*14-,15-;/m10./s1. The first-order valence-electron chi connectivity index (χ1n) is 19.1. The molecule has 9 rings (SSSR count). The zero-order chi connectivity index (χ0) is 39.1. The normalized spacial score (nSPS) is 36.2. The van der Waals surface area contributed by atoms with E-state index < -0.39 is 16.8 Å². The number of epoxide rings is 3. The van der Waals surface area contributed by atoms with Gasteiger partial charge >= 0.3 is 0 Å². The zero-order valence-electron chi connectivity index (χ0n) is 32.1. The Morgan fingerprint density at radius 3 is 0.833 bits per heavy atom. The number of carbonyl (C=O) groups is 3. The van der Waals surface area contributed by atoms with Crippen molar-refractivity contribution in [1.82, 2.24) is 0 Å². The van der Waals surface area contributed by atoms with E-state index >= 15 is 0 Å². The number of hydrogen-bond donors (Lipinski definition) is 0. The molecule has 6 fully saturated rings. The van der Waals surface area contributed by atoms with E-state index in [-0.39, 0.29) is 33.0 Å². The summed E-state index contributed by atoms with van der Waals surface area (Å²) in [7, 11) is 0. The van der Waals surface area contributed by atoms with Gasteiger partial charge in [0.05, 0.1) is 0 Å². The predicted octanol–water partition coefficient (Wildman–Crippen LogP) is 10.2. The number of fused-ring (bicyclic) bond motifs is 3. The van der Waals surface area contributed by atoms with Gasteiger partial charge in [0.1, 0.15) is 16.8 Å². The maximum absolute atomic E-state index is 11.5. The largest absolute Gasteiger partial charge is 0.354 e. The summed E-state index contributed by atoms with van der Waals surface area (Å²) in [5, 5.41) is 2.21. The number of rotatable bonds is 9. The molecule has 0 radical (unpaired) electrons. The Morgan fingerprint density at radius 1 is 0.426 bits per heavy atom. The van der Waals surface area contributed by atoms with Crippen LogP contribution in [0.4, 0.5) is 0 Å². The second kappa shape index (κ2) is 13.2. The molecule has 0 spiro atoms. The summed E-state index contributed by atoms with van der Waals surface area (Å²) in [6, 6.07) is 23.4. The van der Waals surface area contributed by atoms with Crippen LogP contribution in [-0.4, -0.2) is 52.5 Å². The molecular formula is C45H51Cl3O6. The molecule has 6 aliphatic rings. The minimum atomic E-state index is -0.570. The summed E-state index contributed by atoms with van der Waals surface area (Å²) in [6.07, 6.45) is 11.5. The highest BCUT2D eigenvalue weighted by Gasteiger charge is 2.81. The predicted molar refractivity (Wildman–Crippen MR) is 212 cm³/mol. The van der Waals surface area contributed by atoms with Crippen molar-refractivity contribution in [3.8, 4) is 0 Å². The van der Waals surface area contributed by atoms with Gasteiger partial charge in [-0.05, 0) is 91.6 Å². The minimum Gasteiger partial charge on any atom is -0.354 e. The quantitative estimate of drug-likeness (QED) is 0.158. The average molecular weight is 794 g/mol. The number of benzene rings is 3. The molecule has 2 unspecified atom stereocenters. The van der Waals surface area contributed by atoms with E-state index in [2.05, 4.69) is 41.5 Å². The maximum Gasteiger partial charge on any atom is 0.158 e. The summed E-state index contributed by atoms with van der Waals surface area (Å²) in [4.78, 5) is 34.5. The fourth-order valence-corrected chi connectivity index (χ4v) is 10.7. The van der Waals surface area contributed by atoms with Gasteiger partial charge in [-0.3, -0.25) is 14.4 Å². The Hall–Kier alpha value is -2.58. The fraction of sp³-hybridized carbons (Fsp3) is 0.533. The van der Waals surface area contributed by atoms with E-state index in [4.69, 9.17) is 49.0 Å². The second-order valence-electron chi connectivity index (χ2n) is 18.4. The molecule has 6 nitrogen and oxygen atoms in total. The summed E-state index contributed by atoms with van der Waals surface area (Å²) in [5.74, 6) is 0. The van der Waals surface area contributed by atoms with Crippen LogP contribution < -0.4 is 0 Å². The Morgan fingerprint density at radius 2 is 0.648 bits per heavy atom. The van der Waals surface area contributed by atoms with Crippen molar-refractivity contribution in [2.45, 2.75) is 133 Å². The lowest BCUT2D eigenvalue weighted by Crippen LogP contribution is -2.35. The maximum atomic E-state index is 11.5. The van der Waals surface area contributed by atoms with Crippen LogP contribution >= 0.6 is 34.8 Å². The third-order valence-electron chi connectivity index (χ3n) is 14.2. The number of halogens is 3. The van der Waals surface area contributed by atoms with Gasteiger partial charge < -0.3 is 14.2 Å². The Bertz CT molecular complexity index is 1700. The van der Waals surface area contributed by atoms with Gasteiger partial charge in [-0.25, -0.2) is 0 Å². The summed E-state index contributed by atoms with van der Waals surface area (Å²) in [6.45, 7) is 12.7. The fourth-order valence-electron chi connectivity index (χ4n) is 10.4. The van der Waals surface area contributed by atoms with Crippen molar-refractivity contribution in [3.05, 3.63) is 105 Å². The second-order valence-corrected chi connectivity index (χ2v) is 19.7. The minimum absolute atomic E-state index is 0.0544. The highest BCUT2D eigenvalue weighted by Crippen LogP contribution is 2.70. The van der Waals surface area contributed by atoms with Crippen LogP contribution in [0.1, 0.15) is 96.8 Å². The van der Waals surface area contributed by atoms with Gasteiger partial charge in [0.25, 0.3) is 0 Å². The van der Waals surface area contributed by atoms with E-state index in [0.29, 0.717) is 0 Å². The van der Waals surface area contributed by atoms with E-state index in [1.54, 1.807) is 0 Å². The van der Waals surface area contributed by atoms with E-state index in [9.17, 15) is 14.4 Å². The lowest BCUT2D eigenvalue weighted by Gasteiger charge is -2.23. The Kier molecular flexibility index (Phi) is 9.73. The Balaban J connectivity index is 0.000000125. The molecule has 288 valence electrons. The third-order valence-corrected chi connectivity index (χ3v) is 14.9. The summed E-state index contributed by atoms with van der Waals surface area (Å²) in [5.41, 5.74) is 0.856. The molecule has 9 heteroatoms. The first-order chi connectivity index (χ1) is 25.3. The molecule has 0 amide bonds. The molecule has 54 heavy (non-hydrogen) atoms. The van der Waals surface area contributed by atoms with E-state index in [1.807, 2.05) is 72.8 Å². The SMILES string of the molecule is CC1(C)CCC2(Cc3ccc(Cl)cc3)OC12C=O.CC1(C)CC[C@@]2(Cc3ccc(Cl)cc3)O[C@@]12C=O.CC1(C)CC[C@]2(Cc3ccc(Cl)cc3)O[C@]12C=O. The van der Waals surface area contributed by atoms with Crippen molar-refractivity contribution >= 4 is 53.7 Å². The molecule has 3 saturated heterocycles. The van der Waals surface area contributed by atoms with Crippen LogP contribution in [-0.2, 0) is 47.9 Å². The molecule has 0 N–H and O–H groups in total. The molecule has 3 aliphatic carbocycles. The van der Waals surface area contributed by atoms with Crippen molar-refractivity contribution in [2.75, 3.05) is 0 Å². The smallest absolute Gasteiger partial charge is 0.158 e. The molecular weight excluding hydrogens is 743 g/mol. The summed E-state index contributed by atoms with van der Waals surface area (Å²) >= 11 is 17.7. The van der Waals surface area contributed by atoms with E-state index in [1.165, 1.54) is 16.7 Å². The van der Waals surface area contributed by atoms with Crippen LogP contribution in [0.15, 0.2) is 72.8 Å². The average Bonchev–Trinajstić information content (AvgIpc) is 4.06. The molecule has 0 bridgehead atoms. The van der Waals surface area contributed by atoms with Crippen molar-refractivity contribution < 1.29 is 28.6 Å². The van der Waals surface area contributed by atoms with Gasteiger partial charge in [-0.1, -0.05) is 113 Å². The number of hydrogen-bond acceptors (Lipinski definition) is 6. The van der Waals surface area contributed by atoms with Gasteiger partial charge in [0.2, 0.25) is 0 Å². The van der Waals surface area contributed by atoms with Gasteiger partial charge in [-0.2, -0.15) is 0 Å².